The molecule has 0 N–H and O–H groups in total. The quantitative estimate of drug-likeness (QED) is 0.702. The molecule has 0 amide bonds. The summed E-state index contributed by atoms with van der Waals surface area (Å²) in [6, 6.07) is 8.37. The first-order chi connectivity index (χ1) is 11.2. The Balaban J connectivity index is 1.67. The van der Waals surface area contributed by atoms with Crippen LogP contribution in [0.4, 0.5) is 0 Å². The number of aryl methyl sites for hydroxylation is 2. The molecule has 120 valence electrons. The maximum Gasteiger partial charge on any atom is 0.122 e. The van der Waals surface area contributed by atoms with Crippen molar-refractivity contribution in [2.24, 2.45) is 0 Å². The zero-order valence-electron chi connectivity index (χ0n) is 14.0. The van der Waals surface area contributed by atoms with E-state index in [4.69, 9.17) is 0 Å². The Morgan fingerprint density at radius 2 is 2.09 bits per heavy atom. The van der Waals surface area contributed by atoms with E-state index in [0.717, 1.165) is 31.1 Å². The van der Waals surface area contributed by atoms with Gasteiger partial charge in [0, 0.05) is 37.2 Å². The lowest BCUT2D eigenvalue weighted by molar-refractivity contribution is 0.305. The summed E-state index contributed by atoms with van der Waals surface area (Å²) in [5.74, 6) is 1.10. The maximum atomic E-state index is 4.48. The van der Waals surface area contributed by atoms with Gasteiger partial charge in [0.1, 0.15) is 5.82 Å². The Morgan fingerprint density at radius 1 is 1.22 bits per heavy atom. The highest BCUT2D eigenvalue weighted by atomic mass is 15.3. The Hall–Kier alpha value is -2.40. The van der Waals surface area contributed by atoms with Gasteiger partial charge in [0.05, 0.1) is 18.4 Å². The largest absolute Gasteiger partial charge is 0.334 e. The number of hydrogen-bond donors (Lipinski definition) is 0. The number of nitrogens with zero attached hydrogens (tertiary/aromatic N) is 5. The van der Waals surface area contributed by atoms with Gasteiger partial charge in [-0.25, -0.2) is 9.67 Å². The molecule has 5 nitrogen and oxygen atoms in total. The molecule has 0 unspecified atom stereocenters. The molecule has 0 radical (unpaired) electrons. The van der Waals surface area contributed by atoms with Crippen LogP contribution in [-0.2, 0) is 19.6 Å². The molecule has 3 rings (SSSR count). The van der Waals surface area contributed by atoms with Crippen LogP contribution in [0.5, 0.6) is 0 Å². The molecular formula is C18H23N5. The highest BCUT2D eigenvalue weighted by Gasteiger charge is 2.08. The fraction of sp³-hybridized carbons (Fsp3) is 0.333. The van der Waals surface area contributed by atoms with Gasteiger partial charge in [-0.15, -0.1) is 0 Å². The SMILES string of the molecule is CCn1ccnc1CN(C)Cc1cnn(-c2cccc(C)c2)c1. The average Bonchev–Trinajstić information content (AvgIpc) is 3.16. The Morgan fingerprint density at radius 3 is 2.87 bits per heavy atom. The summed E-state index contributed by atoms with van der Waals surface area (Å²) in [5, 5.41) is 4.48. The molecule has 0 atom stereocenters. The van der Waals surface area contributed by atoms with Gasteiger partial charge >= 0.3 is 0 Å². The number of hydrogen-bond acceptors (Lipinski definition) is 3. The summed E-state index contributed by atoms with van der Waals surface area (Å²) >= 11 is 0. The molecule has 0 saturated heterocycles. The van der Waals surface area contributed by atoms with Crippen molar-refractivity contribution in [1.82, 2.24) is 24.2 Å². The van der Waals surface area contributed by atoms with Gasteiger partial charge in [0.15, 0.2) is 0 Å². The first-order valence-electron chi connectivity index (χ1n) is 7.95. The normalized spacial score (nSPS) is 11.3. The summed E-state index contributed by atoms with van der Waals surface area (Å²) in [6.45, 7) is 6.86. The Kier molecular flexibility index (Phi) is 4.57. The van der Waals surface area contributed by atoms with E-state index in [2.05, 4.69) is 70.9 Å². The highest BCUT2D eigenvalue weighted by molar-refractivity contribution is 5.35. The first-order valence-corrected chi connectivity index (χ1v) is 7.95. The minimum absolute atomic E-state index is 0.830. The van der Waals surface area contributed by atoms with Crippen molar-refractivity contribution in [3.63, 3.8) is 0 Å². The van der Waals surface area contributed by atoms with Gasteiger partial charge in [0.25, 0.3) is 0 Å². The van der Waals surface area contributed by atoms with Crippen molar-refractivity contribution >= 4 is 0 Å². The summed E-state index contributed by atoms with van der Waals surface area (Å²) in [4.78, 5) is 6.69. The van der Waals surface area contributed by atoms with Gasteiger partial charge in [-0.1, -0.05) is 12.1 Å². The third kappa shape index (κ3) is 3.68. The number of imidazole rings is 1. The van der Waals surface area contributed by atoms with E-state index >= 15 is 0 Å². The Bertz CT molecular complexity index is 771. The van der Waals surface area contributed by atoms with E-state index in [9.17, 15) is 0 Å². The zero-order valence-corrected chi connectivity index (χ0v) is 14.0. The average molecular weight is 309 g/mol. The molecule has 0 aliphatic heterocycles. The van der Waals surface area contributed by atoms with Gasteiger partial charge in [-0.2, -0.15) is 5.10 Å². The van der Waals surface area contributed by atoms with Gasteiger partial charge < -0.3 is 4.57 Å². The van der Waals surface area contributed by atoms with E-state index in [1.807, 2.05) is 23.3 Å². The maximum absolute atomic E-state index is 4.48. The minimum atomic E-state index is 0.830. The summed E-state index contributed by atoms with van der Waals surface area (Å²) in [6.07, 6.45) is 7.92. The van der Waals surface area contributed by atoms with Crippen molar-refractivity contribution in [2.45, 2.75) is 33.5 Å². The fourth-order valence-corrected chi connectivity index (χ4v) is 2.74. The van der Waals surface area contributed by atoms with E-state index in [-0.39, 0.29) is 0 Å². The van der Waals surface area contributed by atoms with Crippen LogP contribution in [0.15, 0.2) is 49.1 Å². The van der Waals surface area contributed by atoms with Crippen LogP contribution < -0.4 is 0 Å². The second-order valence-corrected chi connectivity index (χ2v) is 5.93. The molecular weight excluding hydrogens is 286 g/mol. The molecule has 0 saturated carbocycles. The van der Waals surface area contributed by atoms with Crippen molar-refractivity contribution in [3.05, 3.63) is 66.0 Å². The topological polar surface area (TPSA) is 38.9 Å². The van der Waals surface area contributed by atoms with E-state index in [0.29, 0.717) is 0 Å². The lowest BCUT2D eigenvalue weighted by Crippen LogP contribution is -2.19. The molecule has 23 heavy (non-hydrogen) atoms. The van der Waals surface area contributed by atoms with Crippen molar-refractivity contribution < 1.29 is 0 Å². The monoisotopic (exact) mass is 309 g/mol. The van der Waals surface area contributed by atoms with Crippen LogP contribution in [0.1, 0.15) is 23.9 Å². The predicted molar refractivity (Wildman–Crippen MR) is 91.4 cm³/mol. The van der Waals surface area contributed by atoms with Crippen LogP contribution >= 0.6 is 0 Å². The molecule has 0 aliphatic carbocycles. The lowest BCUT2D eigenvalue weighted by atomic mass is 10.2. The standard InChI is InChI=1S/C18H23N5/c1-4-22-9-8-19-18(22)14-21(3)12-16-11-20-23(13-16)17-7-5-6-15(2)10-17/h5-11,13H,4,12,14H2,1-3H3. The summed E-state index contributed by atoms with van der Waals surface area (Å²) in [7, 11) is 2.11. The van der Waals surface area contributed by atoms with E-state index < -0.39 is 0 Å². The lowest BCUT2D eigenvalue weighted by Gasteiger charge is -2.15. The van der Waals surface area contributed by atoms with E-state index in [1.165, 1.54) is 11.1 Å². The third-order valence-electron chi connectivity index (χ3n) is 3.91. The van der Waals surface area contributed by atoms with Crippen LogP contribution in [-0.4, -0.2) is 31.3 Å². The number of benzene rings is 1. The Labute approximate surface area is 137 Å². The number of aromatic nitrogens is 4. The molecule has 2 heterocycles. The van der Waals surface area contributed by atoms with Gasteiger partial charge in [-0.3, -0.25) is 4.90 Å². The highest BCUT2D eigenvalue weighted by Crippen LogP contribution is 2.12. The molecule has 2 aromatic heterocycles. The molecule has 0 aliphatic rings. The molecule has 0 spiro atoms. The first kappa shape index (κ1) is 15.5. The van der Waals surface area contributed by atoms with Crippen LogP contribution in [0, 0.1) is 6.92 Å². The number of rotatable bonds is 6. The van der Waals surface area contributed by atoms with Gasteiger partial charge in [0.2, 0.25) is 0 Å². The third-order valence-corrected chi connectivity index (χ3v) is 3.91. The molecule has 1 aromatic carbocycles. The van der Waals surface area contributed by atoms with E-state index in [1.54, 1.807) is 0 Å². The molecule has 3 aromatic rings. The van der Waals surface area contributed by atoms with Crippen LogP contribution in [0.2, 0.25) is 0 Å². The summed E-state index contributed by atoms with van der Waals surface area (Å²) < 4.78 is 4.11. The molecule has 5 heteroatoms. The second-order valence-electron chi connectivity index (χ2n) is 5.93. The molecule has 0 fully saturated rings. The zero-order chi connectivity index (χ0) is 16.2. The van der Waals surface area contributed by atoms with Crippen LogP contribution in [0.25, 0.3) is 5.69 Å². The predicted octanol–water partition coefficient (Wildman–Crippen LogP) is 3.03. The summed E-state index contributed by atoms with van der Waals surface area (Å²) in [5.41, 5.74) is 3.53. The minimum Gasteiger partial charge on any atom is -0.334 e. The van der Waals surface area contributed by atoms with Crippen molar-refractivity contribution in [2.75, 3.05) is 7.05 Å². The molecule has 0 bridgehead atoms. The van der Waals surface area contributed by atoms with Crippen molar-refractivity contribution in [1.29, 1.82) is 0 Å². The second kappa shape index (κ2) is 6.79. The smallest absolute Gasteiger partial charge is 0.122 e. The van der Waals surface area contributed by atoms with Crippen LogP contribution in [0.3, 0.4) is 0 Å². The van der Waals surface area contributed by atoms with Gasteiger partial charge in [-0.05, 0) is 38.6 Å². The fourth-order valence-electron chi connectivity index (χ4n) is 2.74. The van der Waals surface area contributed by atoms with Crippen molar-refractivity contribution in [3.8, 4) is 5.69 Å².